The number of hydrogen-bond acceptors (Lipinski definition) is 5. The molecule has 27 heavy (non-hydrogen) atoms. The Balaban J connectivity index is 1.93. The molecular formula is C16H14Cl3N3O4S. The number of carbonyl (C=O) groups is 1. The summed E-state index contributed by atoms with van der Waals surface area (Å²) in [5.41, 5.74) is -0.0374. The van der Waals surface area contributed by atoms with Gasteiger partial charge in [-0.3, -0.25) is 4.79 Å². The Labute approximate surface area is 171 Å². The van der Waals surface area contributed by atoms with Crippen molar-refractivity contribution in [3.05, 3.63) is 51.1 Å². The van der Waals surface area contributed by atoms with Crippen LogP contribution in [0.3, 0.4) is 0 Å². The largest absolute Gasteiger partial charge is 0.379 e. The Hall–Kier alpha value is -1.42. The van der Waals surface area contributed by atoms with Gasteiger partial charge in [0.25, 0.3) is 5.91 Å². The monoisotopic (exact) mass is 449 g/mol. The third-order valence-corrected chi connectivity index (χ3v) is 6.72. The first-order valence-electron chi connectivity index (χ1n) is 7.79. The van der Waals surface area contributed by atoms with Gasteiger partial charge in [-0.15, -0.1) is 0 Å². The lowest BCUT2D eigenvalue weighted by molar-refractivity contribution is 0.0730. The second-order valence-electron chi connectivity index (χ2n) is 5.59. The molecular weight excluding hydrogens is 437 g/mol. The number of sulfonamides is 1. The summed E-state index contributed by atoms with van der Waals surface area (Å²) in [7, 11) is -3.89. The number of anilines is 1. The van der Waals surface area contributed by atoms with Crippen molar-refractivity contribution in [1.29, 1.82) is 0 Å². The Morgan fingerprint density at radius 3 is 2.44 bits per heavy atom. The van der Waals surface area contributed by atoms with E-state index in [0.717, 1.165) is 0 Å². The number of rotatable bonds is 4. The van der Waals surface area contributed by atoms with E-state index in [-0.39, 0.29) is 39.4 Å². The number of amides is 1. The van der Waals surface area contributed by atoms with E-state index in [9.17, 15) is 13.2 Å². The molecule has 3 rings (SSSR count). The molecule has 2 aromatic rings. The average molecular weight is 451 g/mol. The van der Waals surface area contributed by atoms with Crippen molar-refractivity contribution in [1.82, 2.24) is 9.29 Å². The normalized spacial score (nSPS) is 15.5. The van der Waals surface area contributed by atoms with Crippen LogP contribution in [0.4, 0.5) is 5.82 Å². The van der Waals surface area contributed by atoms with Crippen molar-refractivity contribution in [2.45, 2.75) is 4.90 Å². The number of hydrogen-bond donors (Lipinski definition) is 1. The second-order valence-corrected chi connectivity index (χ2v) is 8.75. The van der Waals surface area contributed by atoms with Crippen LogP contribution < -0.4 is 5.32 Å². The lowest BCUT2D eigenvalue weighted by Gasteiger charge is -2.26. The van der Waals surface area contributed by atoms with Gasteiger partial charge in [-0.25, -0.2) is 13.4 Å². The number of morpholine rings is 1. The summed E-state index contributed by atoms with van der Waals surface area (Å²) in [5, 5.41) is 2.91. The van der Waals surface area contributed by atoms with Crippen LogP contribution in [0.1, 0.15) is 10.4 Å². The molecule has 0 aliphatic carbocycles. The number of halogens is 3. The maximum atomic E-state index is 12.9. The molecule has 1 saturated heterocycles. The Bertz CT molecular complexity index is 962. The van der Waals surface area contributed by atoms with E-state index in [1.807, 2.05) is 0 Å². The molecule has 1 aliphatic rings. The fourth-order valence-corrected chi connectivity index (χ4v) is 4.81. The number of ether oxygens (including phenoxy) is 1. The molecule has 1 aromatic carbocycles. The summed E-state index contributed by atoms with van der Waals surface area (Å²) in [6.45, 7) is 0.995. The molecule has 1 aliphatic heterocycles. The highest BCUT2D eigenvalue weighted by atomic mass is 35.5. The zero-order valence-electron chi connectivity index (χ0n) is 13.8. The Morgan fingerprint density at radius 2 is 1.81 bits per heavy atom. The first-order valence-corrected chi connectivity index (χ1v) is 10.4. The number of pyridine rings is 1. The van der Waals surface area contributed by atoms with E-state index in [0.29, 0.717) is 18.2 Å². The highest BCUT2D eigenvalue weighted by Gasteiger charge is 2.30. The molecule has 144 valence electrons. The molecule has 0 bridgehead atoms. The van der Waals surface area contributed by atoms with E-state index >= 15 is 0 Å². The van der Waals surface area contributed by atoms with Crippen molar-refractivity contribution in [2.75, 3.05) is 31.6 Å². The molecule has 1 amide bonds. The van der Waals surface area contributed by atoms with Crippen molar-refractivity contribution in [2.24, 2.45) is 0 Å². The topological polar surface area (TPSA) is 88.6 Å². The van der Waals surface area contributed by atoms with Gasteiger partial charge >= 0.3 is 0 Å². The van der Waals surface area contributed by atoms with E-state index in [1.165, 1.54) is 28.7 Å². The first-order chi connectivity index (χ1) is 12.8. The highest BCUT2D eigenvalue weighted by Crippen LogP contribution is 2.31. The van der Waals surface area contributed by atoms with Crippen molar-refractivity contribution >= 4 is 56.6 Å². The van der Waals surface area contributed by atoms with Crippen LogP contribution in [0.25, 0.3) is 0 Å². The summed E-state index contributed by atoms with van der Waals surface area (Å²) in [6, 6.07) is 5.47. The third-order valence-electron chi connectivity index (χ3n) is 3.82. The minimum absolute atomic E-state index is 0.0207. The van der Waals surface area contributed by atoms with E-state index < -0.39 is 15.9 Å². The third kappa shape index (κ3) is 4.53. The highest BCUT2D eigenvalue weighted by molar-refractivity contribution is 7.89. The van der Waals surface area contributed by atoms with Gasteiger partial charge in [0.15, 0.2) is 0 Å². The van der Waals surface area contributed by atoms with Crippen LogP contribution in [0.2, 0.25) is 15.1 Å². The fraction of sp³-hybridized carbons (Fsp3) is 0.250. The van der Waals surface area contributed by atoms with E-state index in [4.69, 9.17) is 39.5 Å². The van der Waals surface area contributed by atoms with Crippen LogP contribution in [-0.4, -0.2) is 49.9 Å². The SMILES string of the molecule is O=C(Nc1ccc(Cl)cn1)c1cc(S(=O)(=O)N2CCOCC2)c(Cl)cc1Cl. The minimum atomic E-state index is -3.89. The number of nitrogens with one attached hydrogen (secondary N) is 1. The smallest absolute Gasteiger partial charge is 0.258 e. The van der Waals surface area contributed by atoms with Crippen LogP contribution >= 0.6 is 34.8 Å². The quantitative estimate of drug-likeness (QED) is 0.772. The molecule has 11 heteroatoms. The predicted octanol–water partition coefficient (Wildman–Crippen LogP) is 3.32. The summed E-state index contributed by atoms with van der Waals surface area (Å²) >= 11 is 18.0. The van der Waals surface area contributed by atoms with Gasteiger partial charge in [0.1, 0.15) is 10.7 Å². The molecule has 7 nitrogen and oxygen atoms in total. The summed E-state index contributed by atoms with van der Waals surface area (Å²) in [6.07, 6.45) is 1.37. The van der Waals surface area contributed by atoms with Crippen molar-refractivity contribution < 1.29 is 17.9 Å². The standard InChI is InChI=1S/C16H14Cl3N3O4S/c17-10-1-2-15(20-9-10)21-16(23)11-7-14(13(19)8-12(11)18)27(24,25)22-3-5-26-6-4-22/h1-2,7-9H,3-6H2,(H,20,21,23). The predicted molar refractivity (Wildman–Crippen MR) is 103 cm³/mol. The maximum absolute atomic E-state index is 12.9. The molecule has 0 unspecified atom stereocenters. The summed E-state index contributed by atoms with van der Waals surface area (Å²) < 4.78 is 32.2. The van der Waals surface area contributed by atoms with Gasteiger partial charge in [0, 0.05) is 19.3 Å². The minimum Gasteiger partial charge on any atom is -0.379 e. The molecule has 2 heterocycles. The van der Waals surface area contributed by atoms with E-state index in [2.05, 4.69) is 10.3 Å². The lowest BCUT2D eigenvalue weighted by atomic mass is 10.2. The van der Waals surface area contributed by atoms with Crippen LogP contribution in [0.15, 0.2) is 35.4 Å². The first kappa shape index (κ1) is 20.3. The number of nitrogens with zero attached hydrogens (tertiary/aromatic N) is 2. The molecule has 1 aromatic heterocycles. The zero-order chi connectivity index (χ0) is 19.6. The summed E-state index contributed by atoms with van der Waals surface area (Å²) in [5.74, 6) is -0.377. The van der Waals surface area contributed by atoms with Gasteiger partial charge in [-0.1, -0.05) is 34.8 Å². The second kappa shape index (κ2) is 8.30. The van der Waals surface area contributed by atoms with Gasteiger partial charge in [0.05, 0.1) is 33.8 Å². The summed E-state index contributed by atoms with van der Waals surface area (Å²) in [4.78, 5) is 16.3. The van der Waals surface area contributed by atoms with Crippen LogP contribution in [-0.2, 0) is 14.8 Å². The number of carbonyl (C=O) groups excluding carboxylic acids is 1. The average Bonchev–Trinajstić information content (AvgIpc) is 2.64. The Kier molecular flexibility index (Phi) is 6.25. The van der Waals surface area contributed by atoms with Gasteiger partial charge in [-0.2, -0.15) is 4.31 Å². The molecule has 0 spiro atoms. The fourth-order valence-electron chi connectivity index (χ4n) is 2.46. The number of aromatic nitrogens is 1. The lowest BCUT2D eigenvalue weighted by Crippen LogP contribution is -2.40. The zero-order valence-corrected chi connectivity index (χ0v) is 16.9. The Morgan fingerprint density at radius 1 is 1.11 bits per heavy atom. The molecule has 1 fully saturated rings. The van der Waals surface area contributed by atoms with E-state index in [1.54, 1.807) is 6.07 Å². The van der Waals surface area contributed by atoms with Gasteiger partial charge in [-0.05, 0) is 24.3 Å². The van der Waals surface area contributed by atoms with Gasteiger partial charge in [0.2, 0.25) is 10.0 Å². The molecule has 0 saturated carbocycles. The van der Waals surface area contributed by atoms with Crippen LogP contribution in [0, 0.1) is 0 Å². The molecule has 1 N–H and O–H groups in total. The molecule has 0 radical (unpaired) electrons. The maximum Gasteiger partial charge on any atom is 0.258 e. The number of benzene rings is 1. The van der Waals surface area contributed by atoms with Crippen LogP contribution in [0.5, 0.6) is 0 Å². The molecule has 0 atom stereocenters. The van der Waals surface area contributed by atoms with Gasteiger partial charge < -0.3 is 10.1 Å². The van der Waals surface area contributed by atoms with Crippen molar-refractivity contribution in [3.63, 3.8) is 0 Å². The van der Waals surface area contributed by atoms with Crippen molar-refractivity contribution in [3.8, 4) is 0 Å².